The molecule has 3 rings (SSSR count). The van der Waals surface area contributed by atoms with Gasteiger partial charge in [0.1, 0.15) is 0 Å². The van der Waals surface area contributed by atoms with Gasteiger partial charge in [0.25, 0.3) is 0 Å². The fraction of sp³-hybridized carbons (Fsp3) is 0.286. The van der Waals surface area contributed by atoms with Crippen molar-refractivity contribution in [1.29, 1.82) is 0 Å². The van der Waals surface area contributed by atoms with Gasteiger partial charge in [-0.25, -0.2) is 0 Å². The smallest absolute Gasteiger partial charge is 0.229 e. The van der Waals surface area contributed by atoms with Crippen LogP contribution >= 0.6 is 0 Å². The molecular weight excluding hydrogens is 356 g/mol. The van der Waals surface area contributed by atoms with Crippen molar-refractivity contribution >= 4 is 40.5 Å². The van der Waals surface area contributed by atoms with E-state index in [9.17, 15) is 14.4 Å². The lowest BCUT2D eigenvalue weighted by atomic mass is 10.1. The number of hydrogen-bond donors (Lipinski definition) is 2. The number of rotatable bonds is 5. The van der Waals surface area contributed by atoms with Gasteiger partial charge in [0.2, 0.25) is 17.7 Å². The molecule has 2 aromatic carbocycles. The molecule has 0 aromatic heterocycles. The fourth-order valence-corrected chi connectivity index (χ4v) is 3.17. The van der Waals surface area contributed by atoms with Crippen LogP contribution in [0.4, 0.5) is 22.7 Å². The van der Waals surface area contributed by atoms with Gasteiger partial charge in [-0.15, -0.1) is 0 Å². The van der Waals surface area contributed by atoms with Crippen LogP contribution in [0.1, 0.15) is 13.3 Å². The third kappa shape index (κ3) is 4.49. The molecule has 1 fully saturated rings. The van der Waals surface area contributed by atoms with Gasteiger partial charge in [0, 0.05) is 56.7 Å². The molecule has 1 unspecified atom stereocenters. The molecule has 1 heterocycles. The van der Waals surface area contributed by atoms with E-state index in [-0.39, 0.29) is 24.1 Å². The number of carbonyl (C=O) groups excluding carboxylic acids is 3. The van der Waals surface area contributed by atoms with E-state index in [0.29, 0.717) is 23.6 Å². The van der Waals surface area contributed by atoms with Gasteiger partial charge in [0.15, 0.2) is 0 Å². The first-order valence-electron chi connectivity index (χ1n) is 9.10. The summed E-state index contributed by atoms with van der Waals surface area (Å²) in [5.74, 6) is -0.887. The van der Waals surface area contributed by atoms with Crippen LogP contribution in [0.2, 0.25) is 0 Å². The van der Waals surface area contributed by atoms with Crippen molar-refractivity contribution in [3.05, 3.63) is 48.5 Å². The minimum atomic E-state index is -0.426. The molecule has 0 spiro atoms. The number of amides is 3. The Hall–Kier alpha value is -3.35. The van der Waals surface area contributed by atoms with Crippen LogP contribution in [0.3, 0.4) is 0 Å². The highest BCUT2D eigenvalue weighted by Crippen LogP contribution is 2.28. The van der Waals surface area contributed by atoms with E-state index in [1.807, 2.05) is 43.3 Å². The zero-order chi connectivity index (χ0) is 20.3. The number of benzene rings is 2. The lowest BCUT2D eigenvalue weighted by molar-refractivity contribution is -0.122. The summed E-state index contributed by atoms with van der Waals surface area (Å²) >= 11 is 0. The molecule has 2 N–H and O–H groups in total. The van der Waals surface area contributed by atoms with Gasteiger partial charge in [-0.2, -0.15) is 0 Å². The van der Waals surface area contributed by atoms with Crippen LogP contribution in [-0.4, -0.2) is 38.4 Å². The lowest BCUT2D eigenvalue weighted by Crippen LogP contribution is -2.28. The Morgan fingerprint density at radius 1 is 1.04 bits per heavy atom. The maximum atomic E-state index is 12.6. The lowest BCUT2D eigenvalue weighted by Gasteiger charge is -2.18. The molecule has 1 atom stereocenters. The highest BCUT2D eigenvalue weighted by Gasteiger charge is 2.35. The molecule has 3 amide bonds. The zero-order valence-electron chi connectivity index (χ0n) is 16.2. The van der Waals surface area contributed by atoms with E-state index in [4.69, 9.17) is 0 Å². The molecule has 0 radical (unpaired) electrons. The molecule has 146 valence electrons. The average Bonchev–Trinajstić information content (AvgIpc) is 3.04. The van der Waals surface area contributed by atoms with E-state index in [0.717, 1.165) is 5.69 Å². The SMILES string of the molecule is CC(=O)Nc1cccc(N2CC(C(=O)Nc3ccc(N(C)C)cc3)CC2=O)c1. The molecule has 0 saturated carbocycles. The minimum Gasteiger partial charge on any atom is -0.378 e. The fourth-order valence-electron chi connectivity index (χ4n) is 3.17. The van der Waals surface area contributed by atoms with Gasteiger partial charge >= 0.3 is 0 Å². The summed E-state index contributed by atoms with van der Waals surface area (Å²) in [6.45, 7) is 1.74. The second-order valence-electron chi connectivity index (χ2n) is 7.07. The Balaban J connectivity index is 1.66. The maximum Gasteiger partial charge on any atom is 0.229 e. The molecule has 0 aliphatic carbocycles. The third-order valence-electron chi connectivity index (χ3n) is 4.63. The predicted octanol–water partition coefficient (Wildman–Crippen LogP) is 2.70. The largest absolute Gasteiger partial charge is 0.378 e. The molecule has 1 aliphatic rings. The first-order valence-corrected chi connectivity index (χ1v) is 9.10. The van der Waals surface area contributed by atoms with Crippen molar-refractivity contribution in [1.82, 2.24) is 0 Å². The van der Waals surface area contributed by atoms with Gasteiger partial charge in [-0.05, 0) is 42.5 Å². The van der Waals surface area contributed by atoms with Crippen LogP contribution in [0.15, 0.2) is 48.5 Å². The van der Waals surface area contributed by atoms with E-state index >= 15 is 0 Å². The molecule has 1 aliphatic heterocycles. The predicted molar refractivity (Wildman–Crippen MR) is 111 cm³/mol. The van der Waals surface area contributed by atoms with E-state index in [2.05, 4.69) is 10.6 Å². The Kier molecular flexibility index (Phi) is 5.63. The number of nitrogens with zero attached hydrogens (tertiary/aromatic N) is 2. The second kappa shape index (κ2) is 8.12. The summed E-state index contributed by atoms with van der Waals surface area (Å²) in [4.78, 5) is 39.9. The van der Waals surface area contributed by atoms with E-state index in [1.165, 1.54) is 6.92 Å². The number of anilines is 4. The van der Waals surface area contributed by atoms with E-state index in [1.54, 1.807) is 29.2 Å². The Morgan fingerprint density at radius 2 is 1.75 bits per heavy atom. The zero-order valence-corrected chi connectivity index (χ0v) is 16.2. The summed E-state index contributed by atoms with van der Waals surface area (Å²) in [5, 5.41) is 5.59. The summed E-state index contributed by atoms with van der Waals surface area (Å²) in [5.41, 5.74) is 3.03. The van der Waals surface area contributed by atoms with Gasteiger partial charge in [-0.1, -0.05) is 6.07 Å². The van der Waals surface area contributed by atoms with Crippen molar-refractivity contribution in [2.75, 3.05) is 41.1 Å². The molecule has 7 heteroatoms. The van der Waals surface area contributed by atoms with Gasteiger partial charge < -0.3 is 20.4 Å². The van der Waals surface area contributed by atoms with Gasteiger partial charge in [0.05, 0.1) is 5.92 Å². The summed E-state index contributed by atoms with van der Waals surface area (Å²) in [6, 6.07) is 14.6. The normalized spacial score (nSPS) is 16.0. The monoisotopic (exact) mass is 380 g/mol. The first-order chi connectivity index (χ1) is 13.3. The Bertz CT molecular complexity index is 893. The van der Waals surface area contributed by atoms with Crippen molar-refractivity contribution < 1.29 is 14.4 Å². The number of carbonyl (C=O) groups is 3. The summed E-state index contributed by atoms with van der Waals surface area (Å²) < 4.78 is 0. The molecule has 1 saturated heterocycles. The van der Waals surface area contributed by atoms with Crippen LogP contribution in [-0.2, 0) is 14.4 Å². The van der Waals surface area contributed by atoms with E-state index < -0.39 is 5.92 Å². The van der Waals surface area contributed by atoms with Crippen LogP contribution in [0, 0.1) is 5.92 Å². The molecule has 7 nitrogen and oxygen atoms in total. The maximum absolute atomic E-state index is 12.6. The number of nitrogens with one attached hydrogen (secondary N) is 2. The van der Waals surface area contributed by atoms with Crippen LogP contribution in [0.25, 0.3) is 0 Å². The molecular formula is C21H24N4O3. The highest BCUT2D eigenvalue weighted by atomic mass is 16.2. The first kappa shape index (κ1) is 19.4. The minimum absolute atomic E-state index is 0.108. The molecule has 0 bridgehead atoms. The highest BCUT2D eigenvalue weighted by molar-refractivity contribution is 6.04. The molecule has 2 aromatic rings. The second-order valence-corrected chi connectivity index (χ2v) is 7.07. The van der Waals surface area contributed by atoms with Crippen LogP contribution < -0.4 is 20.4 Å². The number of hydrogen-bond acceptors (Lipinski definition) is 4. The Labute approximate surface area is 164 Å². The summed E-state index contributed by atoms with van der Waals surface area (Å²) in [7, 11) is 3.90. The topological polar surface area (TPSA) is 81.8 Å². The average molecular weight is 380 g/mol. The van der Waals surface area contributed by atoms with Crippen LogP contribution in [0.5, 0.6) is 0 Å². The third-order valence-corrected chi connectivity index (χ3v) is 4.63. The quantitative estimate of drug-likeness (QED) is 0.836. The van der Waals surface area contributed by atoms with Crippen molar-refractivity contribution in [3.8, 4) is 0 Å². The Morgan fingerprint density at radius 3 is 2.39 bits per heavy atom. The molecule has 28 heavy (non-hydrogen) atoms. The summed E-state index contributed by atoms with van der Waals surface area (Å²) in [6.07, 6.45) is 0.159. The van der Waals surface area contributed by atoms with Crippen molar-refractivity contribution in [2.45, 2.75) is 13.3 Å². The standard InChI is InChI=1S/C21H24N4O3/c1-14(26)22-17-5-4-6-19(12-17)25-13-15(11-20(25)27)21(28)23-16-7-9-18(10-8-16)24(2)3/h4-10,12,15H,11,13H2,1-3H3,(H,22,26)(H,23,28). The van der Waals surface area contributed by atoms with Gasteiger partial charge in [-0.3, -0.25) is 14.4 Å². The van der Waals surface area contributed by atoms with Crippen molar-refractivity contribution in [2.24, 2.45) is 5.92 Å². The van der Waals surface area contributed by atoms with Crippen molar-refractivity contribution in [3.63, 3.8) is 0 Å².